The molecule has 2 saturated carbocycles. The summed E-state index contributed by atoms with van der Waals surface area (Å²) >= 11 is 0. The molecule has 0 heterocycles. The molecule has 26 heavy (non-hydrogen) atoms. The van der Waals surface area contributed by atoms with Gasteiger partial charge < -0.3 is 9.47 Å². The molecule has 1 aromatic carbocycles. The molecule has 144 valence electrons. The van der Waals surface area contributed by atoms with Gasteiger partial charge in [0, 0.05) is 13.0 Å². The minimum Gasteiger partial charge on any atom is -0.465 e. The highest BCUT2D eigenvalue weighted by atomic mass is 16.7. The molecule has 4 atom stereocenters. The first-order chi connectivity index (χ1) is 12.2. The summed E-state index contributed by atoms with van der Waals surface area (Å²) in [5, 5.41) is 0. The Bertz CT molecular complexity index is 648. The van der Waals surface area contributed by atoms with E-state index in [0.717, 1.165) is 11.7 Å². The van der Waals surface area contributed by atoms with Crippen LogP contribution in [-0.2, 0) is 4.74 Å². The van der Waals surface area contributed by atoms with Crippen LogP contribution in [0.2, 0.25) is 0 Å². The standard InChI is InChI=1S/C24H36O2/c1-8-20(23(2,3)4)16-9-12-18(13-10-16)26-22(25-7)19-15-17-11-14-21(19)24(17,5)6/h8-10,12-13,17,19,21-22H,11,14-15H2,1-7H3/b20-8-. The topological polar surface area (TPSA) is 18.5 Å². The van der Waals surface area contributed by atoms with Crippen LogP contribution >= 0.6 is 0 Å². The molecule has 2 aliphatic carbocycles. The molecule has 0 amide bonds. The van der Waals surface area contributed by atoms with E-state index in [1.807, 2.05) is 0 Å². The highest BCUT2D eigenvalue weighted by Crippen LogP contribution is 2.61. The minimum absolute atomic E-state index is 0.140. The molecule has 1 aromatic rings. The Morgan fingerprint density at radius 2 is 1.81 bits per heavy atom. The second kappa shape index (κ2) is 7.03. The van der Waals surface area contributed by atoms with Crippen molar-refractivity contribution in [1.29, 1.82) is 0 Å². The zero-order valence-corrected chi connectivity index (χ0v) is 17.6. The van der Waals surface area contributed by atoms with Crippen LogP contribution in [0.1, 0.15) is 66.4 Å². The molecule has 2 aliphatic rings. The van der Waals surface area contributed by atoms with Gasteiger partial charge in [-0.25, -0.2) is 0 Å². The van der Waals surface area contributed by atoms with Gasteiger partial charge in [0.15, 0.2) is 0 Å². The van der Waals surface area contributed by atoms with Crippen molar-refractivity contribution in [3.8, 4) is 5.75 Å². The van der Waals surface area contributed by atoms with E-state index >= 15 is 0 Å². The summed E-state index contributed by atoms with van der Waals surface area (Å²) in [6.45, 7) is 13.7. The van der Waals surface area contributed by atoms with Crippen molar-refractivity contribution in [1.82, 2.24) is 0 Å². The molecule has 2 bridgehead atoms. The number of methoxy groups -OCH3 is 1. The average Bonchev–Trinajstić information content (AvgIpc) is 3.00. The quantitative estimate of drug-likeness (QED) is 0.556. The first-order valence-electron chi connectivity index (χ1n) is 10.1. The third kappa shape index (κ3) is 3.45. The Hall–Kier alpha value is -1.28. The number of rotatable bonds is 5. The Balaban J connectivity index is 1.72. The molecule has 3 rings (SSSR count). The van der Waals surface area contributed by atoms with Crippen LogP contribution in [0.5, 0.6) is 5.75 Å². The summed E-state index contributed by atoms with van der Waals surface area (Å²) in [7, 11) is 1.79. The molecular formula is C24H36O2. The van der Waals surface area contributed by atoms with E-state index in [9.17, 15) is 0 Å². The van der Waals surface area contributed by atoms with E-state index < -0.39 is 0 Å². The van der Waals surface area contributed by atoms with Gasteiger partial charge in [-0.05, 0) is 72.1 Å². The Morgan fingerprint density at radius 1 is 1.15 bits per heavy atom. The number of hydrogen-bond acceptors (Lipinski definition) is 2. The van der Waals surface area contributed by atoms with Crippen LogP contribution < -0.4 is 4.74 Å². The molecule has 0 N–H and O–H groups in total. The SMILES string of the molecule is C/C=C(/c1ccc(OC(OC)C2CC3CCC2C3(C)C)cc1)C(C)(C)C. The maximum atomic E-state index is 6.31. The number of allylic oxidation sites excluding steroid dienone is 2. The maximum Gasteiger partial charge on any atom is 0.202 e. The van der Waals surface area contributed by atoms with Crippen LogP contribution in [-0.4, -0.2) is 13.4 Å². The molecule has 0 spiro atoms. The van der Waals surface area contributed by atoms with Crippen molar-refractivity contribution in [3.05, 3.63) is 35.9 Å². The third-order valence-electron chi connectivity index (χ3n) is 7.00. The van der Waals surface area contributed by atoms with Crippen LogP contribution in [0.4, 0.5) is 0 Å². The lowest BCUT2D eigenvalue weighted by Crippen LogP contribution is -2.34. The Labute approximate surface area is 160 Å². The lowest BCUT2D eigenvalue weighted by atomic mass is 9.80. The fourth-order valence-corrected chi connectivity index (χ4v) is 5.60. The van der Waals surface area contributed by atoms with E-state index in [4.69, 9.17) is 9.47 Å². The van der Waals surface area contributed by atoms with Gasteiger partial charge in [0.25, 0.3) is 0 Å². The van der Waals surface area contributed by atoms with Crippen LogP contribution in [0.3, 0.4) is 0 Å². The first-order valence-corrected chi connectivity index (χ1v) is 10.1. The van der Waals surface area contributed by atoms with Crippen LogP contribution in [0, 0.1) is 28.6 Å². The third-order valence-corrected chi connectivity index (χ3v) is 7.00. The summed E-state index contributed by atoms with van der Waals surface area (Å²) < 4.78 is 12.1. The monoisotopic (exact) mass is 356 g/mol. The van der Waals surface area contributed by atoms with Crippen LogP contribution in [0.25, 0.3) is 5.57 Å². The maximum absolute atomic E-state index is 6.31. The molecule has 2 fully saturated rings. The molecule has 0 radical (unpaired) electrons. The van der Waals surface area contributed by atoms with E-state index in [0.29, 0.717) is 17.3 Å². The first kappa shape index (κ1) is 19.5. The zero-order valence-electron chi connectivity index (χ0n) is 17.6. The van der Waals surface area contributed by atoms with Gasteiger partial charge in [-0.2, -0.15) is 0 Å². The van der Waals surface area contributed by atoms with Crippen LogP contribution in [0.15, 0.2) is 30.3 Å². The number of ether oxygens (including phenoxy) is 2. The summed E-state index contributed by atoms with van der Waals surface area (Å²) in [6.07, 6.45) is 6.00. The van der Waals surface area contributed by atoms with Gasteiger partial charge in [-0.15, -0.1) is 0 Å². The van der Waals surface area contributed by atoms with Crippen molar-refractivity contribution in [3.63, 3.8) is 0 Å². The molecular weight excluding hydrogens is 320 g/mol. The zero-order chi connectivity index (χ0) is 19.1. The lowest BCUT2D eigenvalue weighted by Gasteiger charge is -2.32. The highest BCUT2D eigenvalue weighted by molar-refractivity contribution is 5.69. The van der Waals surface area contributed by atoms with Gasteiger partial charge >= 0.3 is 0 Å². The lowest BCUT2D eigenvalue weighted by molar-refractivity contribution is -0.109. The second-order valence-electron chi connectivity index (χ2n) is 9.80. The molecule has 0 aromatic heterocycles. The molecule has 2 heteroatoms. The fourth-order valence-electron chi connectivity index (χ4n) is 5.60. The van der Waals surface area contributed by atoms with Crippen molar-refractivity contribution in [2.24, 2.45) is 28.6 Å². The molecule has 0 aliphatic heterocycles. The van der Waals surface area contributed by atoms with Crippen molar-refractivity contribution < 1.29 is 9.47 Å². The van der Waals surface area contributed by atoms with Gasteiger partial charge in [-0.1, -0.05) is 52.8 Å². The number of hydrogen-bond donors (Lipinski definition) is 0. The van der Waals surface area contributed by atoms with Gasteiger partial charge in [-0.3, -0.25) is 0 Å². The average molecular weight is 357 g/mol. The number of benzene rings is 1. The van der Waals surface area contributed by atoms with E-state index in [1.54, 1.807) is 7.11 Å². The summed E-state index contributed by atoms with van der Waals surface area (Å²) in [5.41, 5.74) is 3.20. The second-order valence-corrected chi connectivity index (χ2v) is 9.80. The van der Waals surface area contributed by atoms with Gasteiger partial charge in [0.1, 0.15) is 5.75 Å². The Kier molecular flexibility index (Phi) is 5.27. The van der Waals surface area contributed by atoms with E-state index in [2.05, 4.69) is 71.9 Å². The molecule has 4 unspecified atom stereocenters. The van der Waals surface area contributed by atoms with Crippen molar-refractivity contribution in [2.45, 2.75) is 67.1 Å². The predicted octanol–water partition coefficient (Wildman–Crippen LogP) is 6.56. The van der Waals surface area contributed by atoms with Crippen molar-refractivity contribution >= 4 is 5.57 Å². The fraction of sp³-hybridized carbons (Fsp3) is 0.667. The normalized spacial score (nSPS) is 29.0. The number of fused-ring (bicyclic) bond motifs is 2. The largest absolute Gasteiger partial charge is 0.465 e. The van der Waals surface area contributed by atoms with Gasteiger partial charge in [0.2, 0.25) is 6.29 Å². The van der Waals surface area contributed by atoms with Crippen molar-refractivity contribution in [2.75, 3.05) is 7.11 Å². The van der Waals surface area contributed by atoms with E-state index in [-0.39, 0.29) is 11.7 Å². The van der Waals surface area contributed by atoms with Gasteiger partial charge in [0.05, 0.1) is 0 Å². The highest BCUT2D eigenvalue weighted by Gasteiger charge is 2.55. The Morgan fingerprint density at radius 3 is 2.23 bits per heavy atom. The molecule has 0 saturated heterocycles. The van der Waals surface area contributed by atoms with E-state index in [1.165, 1.54) is 30.4 Å². The summed E-state index contributed by atoms with van der Waals surface area (Å²) in [4.78, 5) is 0. The summed E-state index contributed by atoms with van der Waals surface area (Å²) in [6, 6.07) is 8.53. The molecule has 2 nitrogen and oxygen atoms in total. The minimum atomic E-state index is -0.140. The smallest absolute Gasteiger partial charge is 0.202 e. The summed E-state index contributed by atoms with van der Waals surface area (Å²) in [5.74, 6) is 2.96. The predicted molar refractivity (Wildman–Crippen MR) is 109 cm³/mol.